The second kappa shape index (κ2) is 8.42. The molecule has 0 aliphatic carbocycles. The lowest BCUT2D eigenvalue weighted by molar-refractivity contribution is 0.170. The molecule has 3 aromatic carbocycles. The summed E-state index contributed by atoms with van der Waals surface area (Å²) in [7, 11) is 3.08. The summed E-state index contributed by atoms with van der Waals surface area (Å²) >= 11 is 0. The molecule has 0 aromatic heterocycles. The zero-order valence-electron chi connectivity index (χ0n) is 15.2. The number of amides is 2. The maximum absolute atomic E-state index is 12.3. The molecular weight excluding hydrogens is 344 g/mol. The lowest BCUT2D eigenvalue weighted by atomic mass is 10.1. The minimum Gasteiger partial charge on any atom is -0.497 e. The van der Waals surface area contributed by atoms with Gasteiger partial charge in [0, 0.05) is 17.5 Å². The summed E-state index contributed by atoms with van der Waals surface area (Å²) in [6.45, 7) is 0.0279. The van der Waals surface area contributed by atoms with Crippen LogP contribution in [0.2, 0.25) is 0 Å². The first-order valence-corrected chi connectivity index (χ1v) is 8.55. The third kappa shape index (κ3) is 4.30. The Morgan fingerprint density at radius 1 is 1.04 bits per heavy atom. The Bertz CT molecular complexity index is 937. The summed E-state index contributed by atoms with van der Waals surface area (Å²) in [4.78, 5) is 12.3. The molecule has 0 saturated heterocycles. The van der Waals surface area contributed by atoms with E-state index in [9.17, 15) is 9.90 Å². The maximum Gasteiger partial charge on any atom is 0.319 e. The lowest BCUT2D eigenvalue weighted by Crippen LogP contribution is -2.32. The maximum atomic E-state index is 12.3. The predicted octanol–water partition coefficient (Wildman–Crippen LogP) is 3.71. The van der Waals surface area contributed by atoms with Crippen molar-refractivity contribution in [1.29, 1.82) is 0 Å². The fraction of sp³-hybridized carbons (Fsp3) is 0.190. The second-order valence-electron chi connectivity index (χ2n) is 5.99. The molecule has 6 nitrogen and oxygen atoms in total. The van der Waals surface area contributed by atoms with Crippen molar-refractivity contribution in [3.63, 3.8) is 0 Å². The minimum absolute atomic E-state index is 0.0279. The molecule has 140 valence electrons. The Balaban J connectivity index is 1.67. The van der Waals surface area contributed by atoms with E-state index >= 15 is 0 Å². The molecule has 0 bridgehead atoms. The van der Waals surface area contributed by atoms with Crippen LogP contribution in [0.4, 0.5) is 10.5 Å². The Kier molecular flexibility index (Phi) is 5.78. The van der Waals surface area contributed by atoms with E-state index in [1.807, 2.05) is 42.5 Å². The van der Waals surface area contributed by atoms with Gasteiger partial charge in [-0.1, -0.05) is 36.4 Å². The van der Waals surface area contributed by atoms with Crippen molar-refractivity contribution in [3.8, 4) is 11.5 Å². The van der Waals surface area contributed by atoms with Crippen molar-refractivity contribution in [2.24, 2.45) is 0 Å². The van der Waals surface area contributed by atoms with Gasteiger partial charge in [0.2, 0.25) is 0 Å². The monoisotopic (exact) mass is 366 g/mol. The smallest absolute Gasteiger partial charge is 0.319 e. The molecule has 3 aromatic rings. The van der Waals surface area contributed by atoms with E-state index in [1.54, 1.807) is 25.3 Å². The van der Waals surface area contributed by atoms with Crippen molar-refractivity contribution in [1.82, 2.24) is 5.32 Å². The minimum atomic E-state index is -0.937. The van der Waals surface area contributed by atoms with Gasteiger partial charge in [-0.05, 0) is 29.7 Å². The number of nitrogens with one attached hydrogen (secondary N) is 2. The number of fused-ring (bicyclic) bond motifs is 1. The van der Waals surface area contributed by atoms with Gasteiger partial charge in [-0.3, -0.25) is 0 Å². The Morgan fingerprint density at radius 3 is 2.59 bits per heavy atom. The van der Waals surface area contributed by atoms with E-state index in [1.165, 1.54) is 7.11 Å². The van der Waals surface area contributed by atoms with Crippen molar-refractivity contribution in [3.05, 3.63) is 66.2 Å². The fourth-order valence-corrected chi connectivity index (χ4v) is 2.90. The van der Waals surface area contributed by atoms with Crippen LogP contribution in [-0.2, 0) is 0 Å². The molecule has 0 aliphatic rings. The van der Waals surface area contributed by atoms with Crippen LogP contribution >= 0.6 is 0 Å². The number of carbonyl (C=O) groups excluding carboxylic acids is 1. The van der Waals surface area contributed by atoms with Crippen LogP contribution < -0.4 is 20.1 Å². The van der Waals surface area contributed by atoms with Crippen LogP contribution in [0, 0.1) is 0 Å². The fourth-order valence-electron chi connectivity index (χ4n) is 2.90. The van der Waals surface area contributed by atoms with Gasteiger partial charge in [-0.2, -0.15) is 0 Å². The first-order valence-electron chi connectivity index (χ1n) is 8.55. The number of urea groups is 1. The predicted molar refractivity (Wildman–Crippen MR) is 105 cm³/mol. The van der Waals surface area contributed by atoms with E-state index < -0.39 is 12.1 Å². The standard InChI is InChI=1S/C21H22N2O4/c1-26-15-10-11-20(27-2)17(12-15)19(24)13-22-21(25)23-18-9-5-7-14-6-3-4-8-16(14)18/h3-12,19,24H,13H2,1-2H3,(H2,22,23,25)/t19-/m0/s1. The molecule has 6 heteroatoms. The van der Waals surface area contributed by atoms with E-state index in [2.05, 4.69) is 10.6 Å². The molecule has 0 heterocycles. The topological polar surface area (TPSA) is 79.8 Å². The third-order valence-corrected chi connectivity index (χ3v) is 4.29. The molecule has 0 radical (unpaired) electrons. The average Bonchev–Trinajstić information content (AvgIpc) is 2.71. The van der Waals surface area contributed by atoms with Crippen LogP contribution in [-0.4, -0.2) is 31.9 Å². The van der Waals surface area contributed by atoms with E-state index in [4.69, 9.17) is 9.47 Å². The average molecular weight is 366 g/mol. The number of benzene rings is 3. The van der Waals surface area contributed by atoms with E-state index in [0.717, 1.165) is 10.8 Å². The zero-order valence-corrected chi connectivity index (χ0v) is 15.2. The van der Waals surface area contributed by atoms with Gasteiger partial charge in [0.05, 0.1) is 19.9 Å². The van der Waals surface area contributed by atoms with Crippen LogP contribution in [0.25, 0.3) is 10.8 Å². The molecule has 0 aliphatic heterocycles. The molecule has 0 fully saturated rings. The molecule has 3 rings (SSSR count). The van der Waals surface area contributed by atoms with Gasteiger partial charge >= 0.3 is 6.03 Å². The summed E-state index contributed by atoms with van der Waals surface area (Å²) in [5, 5.41) is 18.0. The van der Waals surface area contributed by atoms with E-state index in [0.29, 0.717) is 22.7 Å². The molecule has 0 saturated carbocycles. The molecule has 2 amide bonds. The highest BCUT2D eigenvalue weighted by atomic mass is 16.5. The van der Waals surface area contributed by atoms with Gasteiger partial charge in [0.15, 0.2) is 0 Å². The van der Waals surface area contributed by atoms with Gasteiger partial charge in [0.25, 0.3) is 0 Å². The molecular formula is C21H22N2O4. The lowest BCUT2D eigenvalue weighted by Gasteiger charge is -2.17. The molecule has 1 atom stereocenters. The molecule has 0 unspecified atom stereocenters. The highest BCUT2D eigenvalue weighted by molar-refractivity contribution is 6.01. The van der Waals surface area contributed by atoms with Crippen molar-refractivity contribution in [2.45, 2.75) is 6.10 Å². The summed E-state index contributed by atoms with van der Waals surface area (Å²) in [5.74, 6) is 1.13. The largest absolute Gasteiger partial charge is 0.497 e. The number of aliphatic hydroxyl groups excluding tert-OH is 1. The number of aliphatic hydroxyl groups is 1. The Morgan fingerprint density at radius 2 is 1.81 bits per heavy atom. The van der Waals surface area contributed by atoms with Gasteiger partial charge in [0.1, 0.15) is 17.6 Å². The van der Waals surface area contributed by atoms with Crippen molar-refractivity contribution >= 4 is 22.5 Å². The number of rotatable bonds is 6. The molecule has 3 N–H and O–H groups in total. The highest BCUT2D eigenvalue weighted by Gasteiger charge is 2.16. The normalized spacial score (nSPS) is 11.7. The number of anilines is 1. The Labute approximate surface area is 157 Å². The van der Waals surface area contributed by atoms with Crippen LogP contribution in [0.5, 0.6) is 11.5 Å². The second-order valence-corrected chi connectivity index (χ2v) is 5.99. The SMILES string of the molecule is COc1ccc(OC)c([C@@H](O)CNC(=O)Nc2cccc3ccccc23)c1. The number of methoxy groups -OCH3 is 2. The summed E-state index contributed by atoms with van der Waals surface area (Å²) in [5.41, 5.74) is 1.25. The first-order chi connectivity index (χ1) is 13.1. The van der Waals surface area contributed by atoms with Crippen molar-refractivity contribution < 1.29 is 19.4 Å². The third-order valence-electron chi connectivity index (χ3n) is 4.29. The number of carbonyl (C=O) groups is 1. The van der Waals surface area contributed by atoms with Crippen LogP contribution in [0.15, 0.2) is 60.7 Å². The van der Waals surface area contributed by atoms with Gasteiger partial charge in [-0.25, -0.2) is 4.79 Å². The van der Waals surface area contributed by atoms with Crippen molar-refractivity contribution in [2.75, 3.05) is 26.1 Å². The van der Waals surface area contributed by atoms with Gasteiger partial charge in [-0.15, -0.1) is 0 Å². The summed E-state index contributed by atoms with van der Waals surface area (Å²) in [6.07, 6.45) is -0.937. The van der Waals surface area contributed by atoms with Crippen LogP contribution in [0.3, 0.4) is 0 Å². The first kappa shape index (κ1) is 18.5. The van der Waals surface area contributed by atoms with E-state index in [-0.39, 0.29) is 6.54 Å². The highest BCUT2D eigenvalue weighted by Crippen LogP contribution is 2.29. The summed E-state index contributed by atoms with van der Waals surface area (Å²) < 4.78 is 10.5. The zero-order chi connectivity index (χ0) is 19.2. The summed E-state index contributed by atoms with van der Waals surface area (Å²) in [6, 6.07) is 18.3. The molecule has 0 spiro atoms. The van der Waals surface area contributed by atoms with Gasteiger partial charge < -0.3 is 25.2 Å². The number of hydrogen-bond acceptors (Lipinski definition) is 4. The number of hydrogen-bond donors (Lipinski definition) is 3. The number of ether oxygens (including phenoxy) is 2. The Hall–Kier alpha value is -3.25. The molecule has 27 heavy (non-hydrogen) atoms. The quantitative estimate of drug-likeness (QED) is 0.621. The van der Waals surface area contributed by atoms with Crippen LogP contribution in [0.1, 0.15) is 11.7 Å².